The van der Waals surface area contributed by atoms with Crippen molar-refractivity contribution in [1.29, 1.82) is 0 Å². The molecule has 0 aliphatic rings. The summed E-state index contributed by atoms with van der Waals surface area (Å²) in [5.41, 5.74) is 2.11. The van der Waals surface area contributed by atoms with Crippen LogP contribution in [0.25, 0.3) is 0 Å². The van der Waals surface area contributed by atoms with Crippen molar-refractivity contribution in [2.45, 2.75) is 13.0 Å². The van der Waals surface area contributed by atoms with Gasteiger partial charge in [-0.3, -0.25) is 4.79 Å². The molecule has 0 bridgehead atoms. The number of benzene rings is 2. The maximum Gasteiger partial charge on any atom is 0.337 e. The second-order valence-electron chi connectivity index (χ2n) is 6.09. The van der Waals surface area contributed by atoms with Gasteiger partial charge in [-0.25, -0.2) is 14.8 Å². The molecule has 0 aliphatic heterocycles. The lowest BCUT2D eigenvalue weighted by atomic mass is 10.1. The summed E-state index contributed by atoms with van der Waals surface area (Å²) in [5.74, 6) is -0.323. The number of carbonyl (C=O) groups is 2. The number of amides is 1. The summed E-state index contributed by atoms with van der Waals surface area (Å²) in [6.07, 6.45) is 2.92. The highest BCUT2D eigenvalue weighted by molar-refractivity contribution is 6.03. The zero-order valence-electron chi connectivity index (χ0n) is 15.5. The van der Waals surface area contributed by atoms with Crippen molar-refractivity contribution in [1.82, 2.24) is 9.97 Å². The molecule has 1 aromatic heterocycles. The van der Waals surface area contributed by atoms with Crippen molar-refractivity contribution in [2.24, 2.45) is 0 Å². The fourth-order valence-corrected chi connectivity index (χ4v) is 2.60. The minimum Gasteiger partial charge on any atom is -0.465 e. The van der Waals surface area contributed by atoms with Crippen LogP contribution in [0, 0.1) is 0 Å². The molecular weight excluding hydrogens is 356 g/mol. The van der Waals surface area contributed by atoms with Crippen molar-refractivity contribution in [2.75, 3.05) is 17.7 Å². The summed E-state index contributed by atoms with van der Waals surface area (Å²) in [5, 5.41) is 5.94. The summed E-state index contributed by atoms with van der Waals surface area (Å²) in [6, 6.07) is 16.5. The van der Waals surface area contributed by atoms with Gasteiger partial charge in [0.15, 0.2) is 0 Å². The van der Waals surface area contributed by atoms with Crippen molar-refractivity contribution >= 4 is 23.4 Å². The van der Waals surface area contributed by atoms with Crippen molar-refractivity contribution in [3.63, 3.8) is 0 Å². The van der Waals surface area contributed by atoms with Crippen LogP contribution in [0.15, 0.2) is 67.0 Å². The van der Waals surface area contributed by atoms with Crippen LogP contribution in [0.3, 0.4) is 0 Å². The molecule has 142 valence electrons. The van der Waals surface area contributed by atoms with Gasteiger partial charge in [0.1, 0.15) is 11.5 Å². The van der Waals surface area contributed by atoms with Crippen LogP contribution in [0.1, 0.15) is 39.4 Å². The molecule has 1 amide bonds. The summed E-state index contributed by atoms with van der Waals surface area (Å²) >= 11 is 0. The molecule has 2 aromatic carbocycles. The van der Waals surface area contributed by atoms with Crippen LogP contribution in [-0.4, -0.2) is 29.0 Å². The van der Waals surface area contributed by atoms with Crippen molar-refractivity contribution in [3.05, 3.63) is 83.8 Å². The van der Waals surface area contributed by atoms with E-state index in [1.165, 1.54) is 25.6 Å². The molecule has 0 fully saturated rings. The first-order valence-electron chi connectivity index (χ1n) is 8.70. The van der Waals surface area contributed by atoms with Gasteiger partial charge in [-0.05, 0) is 30.7 Å². The zero-order valence-corrected chi connectivity index (χ0v) is 15.5. The predicted octanol–water partition coefficient (Wildman–Crippen LogP) is 3.69. The number of hydrogen-bond donors (Lipinski definition) is 2. The second kappa shape index (κ2) is 8.77. The molecule has 2 N–H and O–H groups in total. The highest BCUT2D eigenvalue weighted by Crippen LogP contribution is 2.17. The van der Waals surface area contributed by atoms with Crippen molar-refractivity contribution in [3.8, 4) is 0 Å². The molecule has 7 nitrogen and oxygen atoms in total. The normalized spacial score (nSPS) is 11.4. The van der Waals surface area contributed by atoms with Gasteiger partial charge in [0.05, 0.1) is 25.1 Å². The van der Waals surface area contributed by atoms with E-state index in [1.807, 2.05) is 37.3 Å². The molecule has 28 heavy (non-hydrogen) atoms. The topological polar surface area (TPSA) is 93.2 Å². The molecule has 1 heterocycles. The average Bonchev–Trinajstić information content (AvgIpc) is 2.74. The number of nitrogens with one attached hydrogen (secondary N) is 2. The number of methoxy groups -OCH3 is 1. The van der Waals surface area contributed by atoms with Crippen molar-refractivity contribution < 1.29 is 14.3 Å². The minimum absolute atomic E-state index is 0.0521. The van der Waals surface area contributed by atoms with E-state index in [4.69, 9.17) is 0 Å². The Labute approximate surface area is 162 Å². The van der Waals surface area contributed by atoms with Gasteiger partial charge in [-0.1, -0.05) is 36.4 Å². The Morgan fingerprint density at radius 2 is 1.79 bits per heavy atom. The quantitative estimate of drug-likeness (QED) is 0.638. The Bertz CT molecular complexity index is 959. The molecule has 0 aliphatic carbocycles. The van der Waals surface area contributed by atoms with Crippen LogP contribution >= 0.6 is 0 Å². The van der Waals surface area contributed by atoms with Gasteiger partial charge in [0, 0.05) is 11.7 Å². The number of esters is 1. The Hall–Kier alpha value is -3.74. The molecule has 1 atom stereocenters. The number of nitrogens with zero attached hydrogens (tertiary/aromatic N) is 2. The number of aromatic nitrogens is 2. The van der Waals surface area contributed by atoms with Gasteiger partial charge in [-0.2, -0.15) is 0 Å². The van der Waals surface area contributed by atoms with Gasteiger partial charge in [-0.15, -0.1) is 0 Å². The Kier molecular flexibility index (Phi) is 5.96. The minimum atomic E-state index is -0.473. The Balaban J connectivity index is 1.65. The highest BCUT2D eigenvalue weighted by atomic mass is 16.5. The van der Waals surface area contributed by atoms with E-state index in [0.717, 1.165) is 5.56 Å². The summed E-state index contributed by atoms with van der Waals surface area (Å²) < 4.78 is 4.68. The number of rotatable bonds is 6. The van der Waals surface area contributed by atoms with Crippen LogP contribution in [-0.2, 0) is 4.74 Å². The van der Waals surface area contributed by atoms with Gasteiger partial charge in [0.2, 0.25) is 0 Å². The molecule has 0 radical (unpaired) electrons. The third-order valence-electron chi connectivity index (χ3n) is 4.09. The zero-order chi connectivity index (χ0) is 19.9. The molecule has 0 saturated heterocycles. The monoisotopic (exact) mass is 376 g/mol. The van der Waals surface area contributed by atoms with Gasteiger partial charge in [0.25, 0.3) is 5.91 Å². The first-order chi connectivity index (χ1) is 13.6. The third-order valence-corrected chi connectivity index (χ3v) is 4.09. The number of anilines is 2. The van der Waals surface area contributed by atoms with E-state index >= 15 is 0 Å². The molecule has 3 rings (SSSR count). The van der Waals surface area contributed by atoms with E-state index in [2.05, 4.69) is 25.3 Å². The van der Waals surface area contributed by atoms with Gasteiger partial charge >= 0.3 is 5.97 Å². The lowest BCUT2D eigenvalue weighted by Crippen LogP contribution is -2.15. The molecule has 1 unspecified atom stereocenters. The van der Waals surface area contributed by atoms with E-state index in [-0.39, 0.29) is 11.7 Å². The highest BCUT2D eigenvalue weighted by Gasteiger charge is 2.12. The lowest BCUT2D eigenvalue weighted by molar-refractivity contribution is 0.0600. The standard InChI is InChI=1S/C21H20N4O3/c1-14(15-7-4-3-5-8-15)24-19-13-22-18(12-23-19)20(26)25-17-10-6-9-16(11-17)21(27)28-2/h3-14H,1-2H3,(H,23,24)(H,25,26). The number of ether oxygens (including phenoxy) is 1. The molecular formula is C21H20N4O3. The summed E-state index contributed by atoms with van der Waals surface area (Å²) in [6.45, 7) is 2.02. The fraction of sp³-hybridized carbons (Fsp3) is 0.143. The van der Waals surface area contributed by atoms with Crippen LogP contribution in [0.4, 0.5) is 11.5 Å². The Morgan fingerprint density at radius 1 is 1.00 bits per heavy atom. The SMILES string of the molecule is COC(=O)c1cccc(NC(=O)c2cnc(NC(C)c3ccccc3)cn2)c1. The second-order valence-corrected chi connectivity index (χ2v) is 6.09. The van der Waals surface area contributed by atoms with Crippen LogP contribution in [0.2, 0.25) is 0 Å². The van der Waals surface area contributed by atoms with E-state index < -0.39 is 11.9 Å². The third kappa shape index (κ3) is 4.70. The van der Waals surface area contributed by atoms with E-state index in [9.17, 15) is 9.59 Å². The maximum absolute atomic E-state index is 12.4. The molecule has 0 saturated carbocycles. The summed E-state index contributed by atoms with van der Waals surface area (Å²) in [7, 11) is 1.30. The Morgan fingerprint density at radius 3 is 2.46 bits per heavy atom. The van der Waals surface area contributed by atoms with E-state index in [0.29, 0.717) is 17.1 Å². The predicted molar refractivity (Wildman–Crippen MR) is 106 cm³/mol. The number of hydrogen-bond acceptors (Lipinski definition) is 6. The van der Waals surface area contributed by atoms with Gasteiger partial charge < -0.3 is 15.4 Å². The molecule has 7 heteroatoms. The maximum atomic E-state index is 12.4. The fourth-order valence-electron chi connectivity index (χ4n) is 2.60. The smallest absolute Gasteiger partial charge is 0.337 e. The van der Waals surface area contributed by atoms with Crippen LogP contribution in [0.5, 0.6) is 0 Å². The average molecular weight is 376 g/mol. The first kappa shape index (κ1) is 19.0. The van der Waals surface area contributed by atoms with Crippen LogP contribution < -0.4 is 10.6 Å². The molecule has 3 aromatic rings. The molecule has 0 spiro atoms. The largest absolute Gasteiger partial charge is 0.465 e. The first-order valence-corrected chi connectivity index (χ1v) is 8.70. The van der Waals surface area contributed by atoms with E-state index in [1.54, 1.807) is 18.2 Å². The number of carbonyl (C=O) groups excluding carboxylic acids is 2. The lowest BCUT2D eigenvalue weighted by Gasteiger charge is -2.14. The summed E-state index contributed by atoms with van der Waals surface area (Å²) in [4.78, 5) is 32.4.